The summed E-state index contributed by atoms with van der Waals surface area (Å²) in [5, 5.41) is 11.9. The van der Waals surface area contributed by atoms with E-state index < -0.39 is 5.82 Å². The van der Waals surface area contributed by atoms with Crippen molar-refractivity contribution in [3.63, 3.8) is 0 Å². The lowest BCUT2D eigenvalue weighted by Gasteiger charge is -2.10. The van der Waals surface area contributed by atoms with Gasteiger partial charge >= 0.3 is 0 Å². The quantitative estimate of drug-likeness (QED) is 0.838. The molecular weight excluding hydrogens is 289 g/mol. The number of aliphatic hydroxyl groups is 1. The fourth-order valence-electron chi connectivity index (χ4n) is 2.10. The number of carbonyl (C=O) groups excluding carboxylic acids is 1. The van der Waals surface area contributed by atoms with E-state index in [2.05, 4.69) is 17.2 Å². The fourth-order valence-corrected chi connectivity index (χ4v) is 3.31. The Labute approximate surface area is 128 Å². The highest BCUT2D eigenvalue weighted by Crippen LogP contribution is 2.25. The van der Waals surface area contributed by atoms with Crippen molar-refractivity contribution >= 4 is 17.7 Å². The first kappa shape index (κ1) is 15.9. The standard InChI is InChI=1S/C16H18FNO2S/c17-15-10-12(4-1-2-8-19)6-7-14(15)16(20)18-11-13-5-3-9-21-13/h6-7,10,13,19H,2-3,5,8-9,11H2,(H,18,20). The molecule has 0 saturated carbocycles. The second-order valence-corrected chi connectivity index (χ2v) is 6.22. The zero-order valence-corrected chi connectivity index (χ0v) is 12.5. The molecule has 5 heteroatoms. The second-order valence-electron chi connectivity index (χ2n) is 4.82. The van der Waals surface area contributed by atoms with E-state index in [4.69, 9.17) is 5.11 Å². The molecule has 112 valence electrons. The number of rotatable bonds is 4. The molecule has 1 aromatic carbocycles. The number of nitrogens with one attached hydrogen (secondary N) is 1. The zero-order valence-electron chi connectivity index (χ0n) is 11.7. The van der Waals surface area contributed by atoms with Gasteiger partial charge in [-0.15, -0.1) is 0 Å². The van der Waals surface area contributed by atoms with Gasteiger partial charge in [-0.2, -0.15) is 11.8 Å². The number of amides is 1. The second kappa shape index (κ2) is 8.06. The number of benzene rings is 1. The van der Waals surface area contributed by atoms with Crippen LogP contribution in [0.25, 0.3) is 0 Å². The van der Waals surface area contributed by atoms with Gasteiger partial charge in [0.15, 0.2) is 0 Å². The largest absolute Gasteiger partial charge is 0.395 e. The lowest BCUT2D eigenvalue weighted by atomic mass is 10.1. The van der Waals surface area contributed by atoms with Gasteiger partial charge in [0.05, 0.1) is 12.2 Å². The highest BCUT2D eigenvalue weighted by Gasteiger charge is 2.18. The number of aliphatic hydroxyl groups excluding tert-OH is 1. The van der Waals surface area contributed by atoms with Crippen LogP contribution in [0, 0.1) is 17.7 Å². The number of hydrogen-bond donors (Lipinski definition) is 2. The van der Waals surface area contributed by atoms with E-state index >= 15 is 0 Å². The van der Waals surface area contributed by atoms with E-state index in [1.165, 1.54) is 18.6 Å². The van der Waals surface area contributed by atoms with E-state index in [9.17, 15) is 9.18 Å². The fraction of sp³-hybridized carbons (Fsp3) is 0.438. The Hall–Kier alpha value is -1.51. The number of halogens is 1. The third-order valence-corrected chi connectivity index (χ3v) is 4.60. The van der Waals surface area contributed by atoms with E-state index in [1.807, 2.05) is 11.8 Å². The first-order valence-corrected chi connectivity index (χ1v) is 8.04. The summed E-state index contributed by atoms with van der Waals surface area (Å²) in [7, 11) is 0. The van der Waals surface area contributed by atoms with Crippen LogP contribution in [0.1, 0.15) is 35.2 Å². The summed E-state index contributed by atoms with van der Waals surface area (Å²) < 4.78 is 13.9. The van der Waals surface area contributed by atoms with E-state index in [1.54, 1.807) is 6.07 Å². The molecule has 0 spiro atoms. The summed E-state index contributed by atoms with van der Waals surface area (Å²) in [5.74, 6) is 5.65. The summed E-state index contributed by atoms with van der Waals surface area (Å²) >= 11 is 1.85. The summed E-state index contributed by atoms with van der Waals surface area (Å²) in [4.78, 5) is 12.0. The monoisotopic (exact) mass is 307 g/mol. The summed E-state index contributed by atoms with van der Waals surface area (Å²) in [6, 6.07) is 4.33. The molecule has 1 unspecified atom stereocenters. The van der Waals surface area contributed by atoms with Gasteiger partial charge < -0.3 is 10.4 Å². The normalized spacial score (nSPS) is 17.1. The lowest BCUT2D eigenvalue weighted by molar-refractivity contribution is 0.0949. The Kier molecular flexibility index (Phi) is 6.09. The molecule has 1 aliphatic heterocycles. The Morgan fingerprint density at radius 2 is 2.38 bits per heavy atom. The third-order valence-electron chi connectivity index (χ3n) is 3.20. The highest BCUT2D eigenvalue weighted by molar-refractivity contribution is 8.00. The van der Waals surface area contributed by atoms with Crippen LogP contribution >= 0.6 is 11.8 Å². The number of thioether (sulfide) groups is 1. The van der Waals surface area contributed by atoms with Crippen LogP contribution < -0.4 is 5.32 Å². The molecule has 0 bridgehead atoms. The minimum atomic E-state index is -0.567. The van der Waals surface area contributed by atoms with Gasteiger partial charge in [0.25, 0.3) is 5.91 Å². The lowest BCUT2D eigenvalue weighted by Crippen LogP contribution is -2.30. The molecule has 1 aliphatic rings. The van der Waals surface area contributed by atoms with Crippen molar-refractivity contribution in [2.45, 2.75) is 24.5 Å². The third kappa shape index (κ3) is 4.76. The van der Waals surface area contributed by atoms with Crippen molar-refractivity contribution in [1.82, 2.24) is 5.32 Å². The van der Waals surface area contributed by atoms with Gasteiger partial charge in [0, 0.05) is 23.8 Å². The topological polar surface area (TPSA) is 49.3 Å². The molecule has 0 aromatic heterocycles. The van der Waals surface area contributed by atoms with Crippen molar-refractivity contribution in [3.8, 4) is 11.8 Å². The maximum atomic E-state index is 13.9. The van der Waals surface area contributed by atoms with Crippen molar-refractivity contribution in [2.75, 3.05) is 18.9 Å². The summed E-state index contributed by atoms with van der Waals surface area (Å²) in [6.07, 6.45) is 2.64. The van der Waals surface area contributed by atoms with Gasteiger partial charge in [0.2, 0.25) is 0 Å². The van der Waals surface area contributed by atoms with Crippen LogP contribution in [-0.4, -0.2) is 35.2 Å². The van der Waals surface area contributed by atoms with Gasteiger partial charge in [0.1, 0.15) is 5.82 Å². The molecule has 1 heterocycles. The van der Waals surface area contributed by atoms with Crippen LogP contribution in [0.4, 0.5) is 4.39 Å². The maximum absolute atomic E-state index is 13.9. The first-order chi connectivity index (χ1) is 10.2. The van der Waals surface area contributed by atoms with Gasteiger partial charge in [-0.1, -0.05) is 11.8 Å². The highest BCUT2D eigenvalue weighted by atomic mass is 32.2. The molecule has 1 fully saturated rings. The number of carbonyl (C=O) groups is 1. The van der Waals surface area contributed by atoms with Crippen LogP contribution in [0.3, 0.4) is 0 Å². The Balaban J connectivity index is 1.96. The van der Waals surface area contributed by atoms with Gasteiger partial charge in [-0.05, 0) is 36.8 Å². The molecule has 0 radical (unpaired) electrons. The Morgan fingerprint density at radius 3 is 3.05 bits per heavy atom. The average Bonchev–Trinajstić information content (AvgIpc) is 2.98. The smallest absolute Gasteiger partial charge is 0.254 e. The Bertz CT molecular complexity index is 559. The summed E-state index contributed by atoms with van der Waals surface area (Å²) in [6.45, 7) is 0.566. The van der Waals surface area contributed by atoms with Crippen LogP contribution in [-0.2, 0) is 0 Å². The molecular formula is C16H18FNO2S. The van der Waals surface area contributed by atoms with Crippen molar-refractivity contribution in [2.24, 2.45) is 0 Å². The van der Waals surface area contributed by atoms with Crippen LogP contribution in [0.15, 0.2) is 18.2 Å². The molecule has 21 heavy (non-hydrogen) atoms. The predicted molar refractivity (Wildman–Crippen MR) is 82.8 cm³/mol. The SMILES string of the molecule is O=C(NCC1CCCS1)c1ccc(C#CCCO)cc1F. The van der Waals surface area contributed by atoms with Gasteiger partial charge in [-0.25, -0.2) is 4.39 Å². The molecule has 1 atom stereocenters. The van der Waals surface area contributed by atoms with Crippen molar-refractivity contribution in [3.05, 3.63) is 35.1 Å². The molecule has 2 rings (SSSR count). The molecule has 3 nitrogen and oxygen atoms in total. The molecule has 1 amide bonds. The number of hydrogen-bond acceptors (Lipinski definition) is 3. The van der Waals surface area contributed by atoms with E-state index in [-0.39, 0.29) is 18.1 Å². The predicted octanol–water partition coefficient (Wildman–Crippen LogP) is 2.19. The van der Waals surface area contributed by atoms with Crippen molar-refractivity contribution in [1.29, 1.82) is 0 Å². The zero-order chi connectivity index (χ0) is 15.1. The minimum absolute atomic E-state index is 0.0187. The van der Waals surface area contributed by atoms with E-state index in [0.717, 1.165) is 12.2 Å². The summed E-state index contributed by atoms with van der Waals surface area (Å²) in [5.41, 5.74) is 0.551. The van der Waals surface area contributed by atoms with Crippen molar-refractivity contribution < 1.29 is 14.3 Å². The molecule has 1 saturated heterocycles. The Morgan fingerprint density at radius 1 is 1.52 bits per heavy atom. The van der Waals surface area contributed by atoms with Gasteiger partial charge in [-0.3, -0.25) is 4.79 Å². The van der Waals surface area contributed by atoms with Crippen LogP contribution in [0.2, 0.25) is 0 Å². The average molecular weight is 307 g/mol. The van der Waals surface area contributed by atoms with Crippen LogP contribution in [0.5, 0.6) is 0 Å². The molecule has 1 aromatic rings. The molecule has 0 aliphatic carbocycles. The first-order valence-electron chi connectivity index (χ1n) is 7.00. The molecule has 2 N–H and O–H groups in total. The maximum Gasteiger partial charge on any atom is 0.254 e. The minimum Gasteiger partial charge on any atom is -0.395 e. The van der Waals surface area contributed by atoms with E-state index in [0.29, 0.717) is 23.8 Å².